The quantitative estimate of drug-likeness (QED) is 0.901. The molecule has 1 aromatic rings. The molecule has 0 aromatic carbocycles. The average Bonchev–Trinajstić information content (AvgIpc) is 2.72. The summed E-state index contributed by atoms with van der Waals surface area (Å²) in [6.07, 6.45) is 0. The van der Waals surface area contributed by atoms with E-state index >= 15 is 0 Å². The van der Waals surface area contributed by atoms with Gasteiger partial charge in [-0.2, -0.15) is 0 Å². The number of thiazole rings is 1. The molecular formula is C13H24N4S. The zero-order valence-electron chi connectivity index (χ0n) is 11.9. The molecule has 0 saturated carbocycles. The normalized spacial score (nSPS) is 21.6. The number of nitrogens with zero attached hydrogens (tertiary/aromatic N) is 3. The van der Waals surface area contributed by atoms with Crippen molar-refractivity contribution in [2.24, 2.45) is 0 Å². The van der Waals surface area contributed by atoms with E-state index in [9.17, 15) is 0 Å². The molecule has 2 heterocycles. The van der Waals surface area contributed by atoms with Crippen molar-refractivity contribution >= 4 is 16.5 Å². The fourth-order valence-corrected chi connectivity index (χ4v) is 3.24. The Morgan fingerprint density at radius 1 is 1.44 bits per heavy atom. The molecule has 0 bridgehead atoms. The smallest absolute Gasteiger partial charge is 0.185 e. The highest BCUT2D eigenvalue weighted by Crippen LogP contribution is 2.27. The van der Waals surface area contributed by atoms with E-state index in [1.807, 2.05) is 11.3 Å². The molecule has 0 aliphatic carbocycles. The number of hydrogen-bond acceptors (Lipinski definition) is 5. The lowest BCUT2D eigenvalue weighted by Gasteiger charge is -2.37. The maximum atomic E-state index is 4.73. The van der Waals surface area contributed by atoms with Crippen LogP contribution in [0.3, 0.4) is 0 Å². The van der Waals surface area contributed by atoms with Crippen molar-refractivity contribution in [1.29, 1.82) is 0 Å². The van der Waals surface area contributed by atoms with Crippen molar-refractivity contribution < 1.29 is 0 Å². The van der Waals surface area contributed by atoms with Crippen LogP contribution in [0.15, 0.2) is 0 Å². The van der Waals surface area contributed by atoms with Crippen molar-refractivity contribution in [2.45, 2.75) is 33.4 Å². The van der Waals surface area contributed by atoms with Gasteiger partial charge in [-0.3, -0.25) is 0 Å². The number of aryl methyl sites for hydroxylation is 1. The Bertz CT molecular complexity index is 390. The predicted octanol–water partition coefficient (Wildman–Crippen LogP) is 1.70. The van der Waals surface area contributed by atoms with Crippen LogP contribution in [-0.4, -0.2) is 49.2 Å². The zero-order chi connectivity index (χ0) is 13.1. The number of aromatic nitrogens is 1. The van der Waals surface area contributed by atoms with Crippen LogP contribution >= 0.6 is 11.3 Å². The average molecular weight is 268 g/mol. The molecule has 1 aliphatic rings. The highest BCUT2D eigenvalue weighted by molar-refractivity contribution is 7.15. The van der Waals surface area contributed by atoms with Crippen LogP contribution in [0.1, 0.15) is 24.4 Å². The number of likely N-dealkylation sites (N-methyl/N-ethyl adjacent to an activating group) is 1. The Morgan fingerprint density at radius 3 is 2.89 bits per heavy atom. The number of anilines is 1. The van der Waals surface area contributed by atoms with Gasteiger partial charge in [-0.15, -0.1) is 11.3 Å². The molecule has 0 spiro atoms. The third kappa shape index (κ3) is 3.02. The van der Waals surface area contributed by atoms with Gasteiger partial charge in [0.15, 0.2) is 5.13 Å². The lowest BCUT2D eigenvalue weighted by atomic mass is 10.2. The molecule has 1 saturated heterocycles. The molecule has 0 radical (unpaired) electrons. The van der Waals surface area contributed by atoms with E-state index in [-0.39, 0.29) is 0 Å². The second-order valence-electron chi connectivity index (χ2n) is 5.06. The van der Waals surface area contributed by atoms with Crippen molar-refractivity contribution in [3.8, 4) is 0 Å². The van der Waals surface area contributed by atoms with Crippen molar-refractivity contribution in [3.05, 3.63) is 10.6 Å². The van der Waals surface area contributed by atoms with Gasteiger partial charge < -0.3 is 15.1 Å². The second-order valence-corrected chi connectivity index (χ2v) is 6.12. The van der Waals surface area contributed by atoms with Gasteiger partial charge in [0, 0.05) is 37.1 Å². The van der Waals surface area contributed by atoms with Crippen molar-refractivity contribution in [2.75, 3.05) is 38.1 Å². The third-order valence-corrected chi connectivity index (χ3v) is 4.87. The summed E-state index contributed by atoms with van der Waals surface area (Å²) < 4.78 is 0. The van der Waals surface area contributed by atoms with Crippen LogP contribution in [0.2, 0.25) is 0 Å². The second kappa shape index (κ2) is 5.99. The molecule has 1 aromatic heterocycles. The molecule has 1 unspecified atom stereocenters. The first-order chi connectivity index (χ1) is 8.61. The molecule has 1 aliphatic heterocycles. The zero-order valence-corrected chi connectivity index (χ0v) is 12.7. The first-order valence-electron chi connectivity index (χ1n) is 6.74. The lowest BCUT2D eigenvalue weighted by Crippen LogP contribution is -2.50. The summed E-state index contributed by atoms with van der Waals surface area (Å²) in [5.74, 6) is 0. The first-order valence-corrected chi connectivity index (χ1v) is 7.55. The van der Waals surface area contributed by atoms with Gasteiger partial charge in [-0.1, -0.05) is 6.92 Å². The van der Waals surface area contributed by atoms with Crippen molar-refractivity contribution in [1.82, 2.24) is 15.2 Å². The molecule has 5 heteroatoms. The molecule has 1 fully saturated rings. The fourth-order valence-electron chi connectivity index (χ4n) is 2.17. The Kier molecular flexibility index (Phi) is 4.59. The Labute approximate surface area is 114 Å². The summed E-state index contributed by atoms with van der Waals surface area (Å²) in [5.41, 5.74) is 1.18. The van der Waals surface area contributed by atoms with Crippen LogP contribution < -0.4 is 10.2 Å². The van der Waals surface area contributed by atoms with Crippen LogP contribution in [-0.2, 0) is 6.54 Å². The SMILES string of the molecule is CCNCc1sc(N2CCN(C)C(C)C2)nc1C. The van der Waals surface area contributed by atoms with Crippen LogP contribution in [0.4, 0.5) is 5.13 Å². The topological polar surface area (TPSA) is 31.4 Å². The number of rotatable bonds is 4. The van der Waals surface area contributed by atoms with Gasteiger partial charge in [-0.05, 0) is 27.4 Å². The lowest BCUT2D eigenvalue weighted by molar-refractivity contribution is 0.234. The van der Waals surface area contributed by atoms with Crippen molar-refractivity contribution in [3.63, 3.8) is 0 Å². The highest BCUT2D eigenvalue weighted by Gasteiger charge is 2.23. The monoisotopic (exact) mass is 268 g/mol. The summed E-state index contributed by atoms with van der Waals surface area (Å²) in [6, 6.07) is 0.611. The minimum absolute atomic E-state index is 0.611. The summed E-state index contributed by atoms with van der Waals surface area (Å²) in [6.45, 7) is 11.8. The molecule has 4 nitrogen and oxygen atoms in total. The minimum Gasteiger partial charge on any atom is -0.345 e. The van der Waals surface area contributed by atoms with E-state index in [1.54, 1.807) is 0 Å². The number of piperazine rings is 1. The molecule has 0 amide bonds. The maximum Gasteiger partial charge on any atom is 0.185 e. The van der Waals surface area contributed by atoms with Gasteiger partial charge in [0.05, 0.1) is 5.69 Å². The largest absolute Gasteiger partial charge is 0.345 e. The number of nitrogens with one attached hydrogen (secondary N) is 1. The van der Waals surface area contributed by atoms with E-state index in [1.165, 1.54) is 15.7 Å². The Hall–Kier alpha value is -0.650. The fraction of sp³-hybridized carbons (Fsp3) is 0.769. The Morgan fingerprint density at radius 2 is 2.22 bits per heavy atom. The van der Waals surface area contributed by atoms with E-state index in [2.05, 4.69) is 42.9 Å². The third-order valence-electron chi connectivity index (χ3n) is 3.65. The molecular weight excluding hydrogens is 244 g/mol. The standard InChI is InChI=1S/C13H24N4S/c1-5-14-8-12-11(3)15-13(18-12)17-7-6-16(4)10(2)9-17/h10,14H,5-9H2,1-4H3. The maximum absolute atomic E-state index is 4.73. The summed E-state index contributed by atoms with van der Waals surface area (Å²) in [5, 5.41) is 4.58. The van der Waals surface area contributed by atoms with Gasteiger partial charge in [0.2, 0.25) is 0 Å². The predicted molar refractivity (Wildman–Crippen MR) is 78.5 cm³/mol. The molecule has 2 rings (SSSR count). The number of hydrogen-bond donors (Lipinski definition) is 1. The van der Waals surface area contributed by atoms with E-state index in [0.29, 0.717) is 6.04 Å². The van der Waals surface area contributed by atoms with Crippen LogP contribution in [0.5, 0.6) is 0 Å². The Balaban J connectivity index is 2.05. The van der Waals surface area contributed by atoms with Crippen LogP contribution in [0.25, 0.3) is 0 Å². The van der Waals surface area contributed by atoms with Gasteiger partial charge in [0.25, 0.3) is 0 Å². The highest BCUT2D eigenvalue weighted by atomic mass is 32.1. The molecule has 102 valence electrons. The van der Waals surface area contributed by atoms with Gasteiger partial charge in [0.1, 0.15) is 0 Å². The minimum atomic E-state index is 0.611. The van der Waals surface area contributed by atoms with E-state index < -0.39 is 0 Å². The van der Waals surface area contributed by atoms with E-state index in [4.69, 9.17) is 4.98 Å². The summed E-state index contributed by atoms with van der Waals surface area (Å²) in [7, 11) is 2.20. The van der Waals surface area contributed by atoms with Gasteiger partial charge >= 0.3 is 0 Å². The molecule has 1 atom stereocenters. The van der Waals surface area contributed by atoms with Crippen LogP contribution in [0, 0.1) is 6.92 Å². The molecule has 1 N–H and O–H groups in total. The summed E-state index contributed by atoms with van der Waals surface area (Å²) in [4.78, 5) is 10.9. The summed E-state index contributed by atoms with van der Waals surface area (Å²) >= 11 is 1.84. The van der Waals surface area contributed by atoms with E-state index in [0.717, 1.165) is 32.7 Å². The van der Waals surface area contributed by atoms with Gasteiger partial charge in [-0.25, -0.2) is 4.98 Å². The first kappa shape index (κ1) is 13.8. The molecule has 18 heavy (non-hydrogen) atoms.